The lowest BCUT2D eigenvalue weighted by molar-refractivity contribution is -0.116. The monoisotopic (exact) mass is 756 g/mol. The van der Waals surface area contributed by atoms with E-state index in [0.717, 1.165) is 17.0 Å². The summed E-state index contributed by atoms with van der Waals surface area (Å²) in [6.07, 6.45) is 6.89. The van der Waals surface area contributed by atoms with E-state index in [9.17, 15) is 22.6 Å². The van der Waals surface area contributed by atoms with Crippen LogP contribution in [0.5, 0.6) is 5.75 Å². The van der Waals surface area contributed by atoms with Crippen LogP contribution in [0, 0.1) is 0 Å². The Labute approximate surface area is 304 Å². The van der Waals surface area contributed by atoms with Crippen LogP contribution in [0.25, 0.3) is 6.08 Å². The second-order valence-electron chi connectivity index (χ2n) is 10.4. The number of ether oxygens (including phenoxy) is 1. The van der Waals surface area contributed by atoms with Gasteiger partial charge in [-0.1, -0.05) is 54.4 Å². The maximum Gasteiger partial charge on any atom is 0.295 e. The fraction of sp³-hybridized carbons (Fsp3) is 0.206. The molecule has 2 heterocycles. The van der Waals surface area contributed by atoms with E-state index in [2.05, 4.69) is 31.1 Å². The molecule has 0 aliphatic carbocycles. The largest absolute Gasteiger partial charge is 0.491 e. The topological polar surface area (TPSA) is 172 Å². The zero-order chi connectivity index (χ0) is 35.9. The van der Waals surface area contributed by atoms with Crippen molar-refractivity contribution in [2.24, 2.45) is 5.10 Å². The van der Waals surface area contributed by atoms with E-state index in [4.69, 9.17) is 27.9 Å². The highest BCUT2D eigenvalue weighted by Crippen LogP contribution is 2.35. The number of rotatable bonds is 17. The Morgan fingerprint density at radius 1 is 1.00 bits per heavy atom. The van der Waals surface area contributed by atoms with Crippen LogP contribution >= 0.6 is 35.0 Å². The van der Waals surface area contributed by atoms with Gasteiger partial charge in [0.25, 0.3) is 16.0 Å². The molecule has 0 fully saturated rings. The van der Waals surface area contributed by atoms with Crippen molar-refractivity contribution in [1.82, 2.24) is 20.6 Å². The zero-order valence-electron chi connectivity index (χ0n) is 26.8. The van der Waals surface area contributed by atoms with E-state index in [1.807, 2.05) is 19.1 Å². The van der Waals surface area contributed by atoms with Crippen LogP contribution in [0.3, 0.4) is 0 Å². The fourth-order valence-electron chi connectivity index (χ4n) is 4.21. The summed E-state index contributed by atoms with van der Waals surface area (Å²) in [5.41, 5.74) is 4.43. The molecule has 0 aliphatic rings. The number of aromatic nitrogens is 2. The summed E-state index contributed by atoms with van der Waals surface area (Å²) in [4.78, 5) is 34.4. The number of hydrogen-bond donors (Lipinski definition) is 4. The third-order valence-corrected chi connectivity index (χ3v) is 9.58. The number of anilines is 1. The van der Waals surface area contributed by atoms with Crippen molar-refractivity contribution in [2.75, 3.05) is 25.1 Å². The second-order valence-corrected chi connectivity index (χ2v) is 13.6. The van der Waals surface area contributed by atoms with Gasteiger partial charge in [-0.2, -0.15) is 13.5 Å². The lowest BCUT2D eigenvalue weighted by atomic mass is 10.2. The van der Waals surface area contributed by atoms with Crippen LogP contribution in [0.1, 0.15) is 47.1 Å². The molecule has 0 radical (unpaired) electrons. The Hall–Kier alpha value is -4.47. The number of amides is 2. The van der Waals surface area contributed by atoms with Crippen molar-refractivity contribution in [3.63, 3.8) is 0 Å². The highest BCUT2D eigenvalue weighted by atomic mass is 35.5. The molecule has 0 saturated carbocycles. The summed E-state index contributed by atoms with van der Waals surface area (Å²) in [5.74, 6) is 0.722. The average molecular weight is 758 g/mol. The molecule has 2 aromatic heterocycles. The van der Waals surface area contributed by atoms with E-state index in [1.165, 1.54) is 54.5 Å². The number of benzene rings is 2. The Kier molecular flexibility index (Phi) is 14.6. The van der Waals surface area contributed by atoms with Crippen LogP contribution < -0.4 is 20.8 Å². The van der Waals surface area contributed by atoms with Gasteiger partial charge < -0.3 is 15.4 Å². The molecule has 4 N–H and O–H groups in total. The number of nitrogens with one attached hydrogen (secondary N) is 3. The first-order chi connectivity index (χ1) is 24.0. The maximum atomic E-state index is 12.5. The summed E-state index contributed by atoms with van der Waals surface area (Å²) in [5, 5.41) is 10.6. The smallest absolute Gasteiger partial charge is 0.295 e. The average Bonchev–Trinajstić information content (AvgIpc) is 3.10. The minimum atomic E-state index is -4.40. The first-order valence-electron chi connectivity index (χ1n) is 15.3. The van der Waals surface area contributed by atoms with Gasteiger partial charge in [0.15, 0.2) is 0 Å². The molecule has 2 amide bonds. The Morgan fingerprint density at radius 2 is 1.76 bits per heavy atom. The van der Waals surface area contributed by atoms with Crippen molar-refractivity contribution in [1.29, 1.82) is 0 Å². The van der Waals surface area contributed by atoms with E-state index in [1.54, 1.807) is 36.4 Å². The maximum absolute atomic E-state index is 12.5. The van der Waals surface area contributed by atoms with E-state index in [0.29, 0.717) is 64.7 Å². The quantitative estimate of drug-likeness (QED) is 0.0233. The molecule has 0 unspecified atom stereocenters. The zero-order valence-corrected chi connectivity index (χ0v) is 30.0. The van der Waals surface area contributed by atoms with Gasteiger partial charge in [-0.05, 0) is 61.4 Å². The van der Waals surface area contributed by atoms with Crippen molar-refractivity contribution >= 4 is 75.0 Å². The lowest BCUT2D eigenvalue weighted by Gasteiger charge is -2.11. The minimum absolute atomic E-state index is 0.186. The Bertz CT molecular complexity index is 1940. The van der Waals surface area contributed by atoms with E-state index in [-0.39, 0.29) is 22.3 Å². The number of nitrogens with zero attached hydrogens (tertiary/aromatic N) is 3. The van der Waals surface area contributed by atoms with Gasteiger partial charge in [0.1, 0.15) is 22.2 Å². The number of hydrazone groups is 1. The number of halogens is 2. The summed E-state index contributed by atoms with van der Waals surface area (Å²) < 4.78 is 38.2. The number of carbonyl (C=O) groups excluding carboxylic acids is 2. The molecule has 0 saturated heterocycles. The molecule has 0 aliphatic heterocycles. The molecule has 16 heteroatoms. The molecule has 0 atom stereocenters. The summed E-state index contributed by atoms with van der Waals surface area (Å²) in [6, 6.07) is 17.9. The highest BCUT2D eigenvalue weighted by Gasteiger charge is 2.13. The SMILES string of the molecule is CCCOc1ccc(CSc2c(Cl)cccc2Cl)nc1/C=C/C(=O)NCCCNC(=O)c1ccc(N/N=C\c2ccccc2S(=O)(=O)O)nc1. The predicted molar refractivity (Wildman–Crippen MR) is 197 cm³/mol. The van der Waals surface area contributed by atoms with Gasteiger partial charge in [-0.25, -0.2) is 9.97 Å². The summed E-state index contributed by atoms with van der Waals surface area (Å²) in [6.45, 7) is 3.14. The Balaban J connectivity index is 1.22. The normalized spacial score (nSPS) is 11.5. The van der Waals surface area contributed by atoms with Crippen molar-refractivity contribution in [2.45, 2.75) is 35.3 Å². The first kappa shape index (κ1) is 38.3. The van der Waals surface area contributed by atoms with Gasteiger partial charge in [0.2, 0.25) is 5.91 Å². The fourth-order valence-corrected chi connectivity index (χ4v) is 6.47. The molecule has 50 heavy (non-hydrogen) atoms. The number of carbonyl (C=O) groups is 2. The molecule has 2 aromatic carbocycles. The molecule has 4 aromatic rings. The van der Waals surface area contributed by atoms with Gasteiger partial charge in [-0.3, -0.25) is 19.6 Å². The number of thioether (sulfide) groups is 1. The molecule has 262 valence electrons. The van der Waals surface area contributed by atoms with E-state index >= 15 is 0 Å². The third-order valence-electron chi connectivity index (χ3n) is 6.62. The summed E-state index contributed by atoms with van der Waals surface area (Å²) >= 11 is 14.1. The van der Waals surface area contributed by atoms with Crippen molar-refractivity contribution in [3.05, 3.63) is 112 Å². The molecular formula is C34H34Cl2N6O6S2. The van der Waals surface area contributed by atoms with E-state index < -0.39 is 10.1 Å². The van der Waals surface area contributed by atoms with Crippen LogP contribution in [-0.2, 0) is 20.7 Å². The molecule has 4 rings (SSSR count). The van der Waals surface area contributed by atoms with Gasteiger partial charge >= 0.3 is 0 Å². The van der Waals surface area contributed by atoms with Crippen molar-refractivity contribution < 1.29 is 27.3 Å². The lowest BCUT2D eigenvalue weighted by Crippen LogP contribution is -2.29. The minimum Gasteiger partial charge on any atom is -0.491 e. The molecular weight excluding hydrogens is 723 g/mol. The van der Waals surface area contributed by atoms with Crippen LogP contribution in [0.2, 0.25) is 10.0 Å². The van der Waals surface area contributed by atoms with Crippen LogP contribution in [-0.4, -0.2) is 60.7 Å². The molecule has 0 spiro atoms. The second kappa shape index (κ2) is 19.1. The third kappa shape index (κ3) is 11.8. The predicted octanol–water partition coefficient (Wildman–Crippen LogP) is 6.51. The van der Waals surface area contributed by atoms with Gasteiger partial charge in [-0.15, -0.1) is 11.8 Å². The molecule has 0 bridgehead atoms. The van der Waals surface area contributed by atoms with Crippen LogP contribution in [0.15, 0.2) is 93.9 Å². The standard InChI is InChI=1S/C34H34Cl2N6O6S2/c1-2-19-48-29-14-12-25(22-49-33-26(35)8-5-9-27(33)36)41-28(29)13-16-32(43)37-17-6-18-38-34(44)24-11-15-31(39-20-24)42-40-21-23-7-3-4-10-30(23)50(45,46)47/h3-5,7-16,20-21H,2,6,17-19,22H2,1H3,(H,37,43)(H,38,44)(H,39,42)(H,45,46,47)/b16-13+,40-21-. The molecule has 12 nitrogen and oxygen atoms in total. The first-order valence-corrected chi connectivity index (χ1v) is 18.5. The summed E-state index contributed by atoms with van der Waals surface area (Å²) in [7, 11) is -4.40. The highest BCUT2D eigenvalue weighted by molar-refractivity contribution is 7.98. The number of hydrogen-bond acceptors (Lipinski definition) is 10. The van der Waals surface area contributed by atoms with Crippen LogP contribution in [0.4, 0.5) is 5.82 Å². The van der Waals surface area contributed by atoms with Gasteiger partial charge in [0.05, 0.1) is 34.1 Å². The number of pyridine rings is 2. The Morgan fingerprint density at radius 3 is 2.48 bits per heavy atom. The van der Waals surface area contributed by atoms with Gasteiger partial charge in [0, 0.05) is 41.6 Å². The van der Waals surface area contributed by atoms with Crippen molar-refractivity contribution in [3.8, 4) is 5.75 Å².